The summed E-state index contributed by atoms with van der Waals surface area (Å²) in [5, 5.41) is 11.8. The Kier molecular flexibility index (Phi) is 7.63. The van der Waals surface area contributed by atoms with Crippen molar-refractivity contribution in [1.29, 1.82) is 0 Å². The average molecular weight is 283 g/mol. The molecule has 1 aliphatic carbocycles. The Labute approximate surface area is 122 Å². The first-order valence-corrected chi connectivity index (χ1v) is 8.01. The first kappa shape index (κ1) is 17.0. The van der Waals surface area contributed by atoms with E-state index in [1.165, 1.54) is 25.7 Å². The topological polar surface area (TPSA) is 66.4 Å². The van der Waals surface area contributed by atoms with Crippen LogP contribution in [0.25, 0.3) is 0 Å². The Morgan fingerprint density at radius 1 is 1.20 bits per heavy atom. The molecule has 116 valence electrons. The van der Waals surface area contributed by atoms with E-state index in [0.29, 0.717) is 12.8 Å². The summed E-state index contributed by atoms with van der Waals surface area (Å²) in [6.07, 6.45) is 9.26. The van der Waals surface area contributed by atoms with E-state index in [-0.39, 0.29) is 17.9 Å². The minimum atomic E-state index is -0.738. The second-order valence-corrected chi connectivity index (χ2v) is 6.33. The Morgan fingerprint density at radius 3 is 2.45 bits per heavy atom. The van der Waals surface area contributed by atoms with Crippen molar-refractivity contribution in [2.45, 2.75) is 77.7 Å². The summed E-state index contributed by atoms with van der Waals surface area (Å²) in [6.45, 7) is 3.73. The van der Waals surface area contributed by atoms with Crippen LogP contribution in [0.3, 0.4) is 0 Å². The number of carboxylic acids is 1. The summed E-state index contributed by atoms with van der Waals surface area (Å²) in [7, 11) is 0. The number of hydrogen-bond donors (Lipinski definition) is 2. The van der Waals surface area contributed by atoms with Crippen LogP contribution >= 0.6 is 0 Å². The zero-order chi connectivity index (χ0) is 15.0. The molecular formula is C16H29NO3. The number of nitrogens with one attached hydrogen (secondary N) is 1. The molecule has 4 nitrogen and oxygen atoms in total. The molecule has 1 fully saturated rings. The van der Waals surface area contributed by atoms with E-state index in [9.17, 15) is 9.59 Å². The molecule has 2 N–H and O–H groups in total. The highest BCUT2D eigenvalue weighted by molar-refractivity contribution is 5.76. The summed E-state index contributed by atoms with van der Waals surface area (Å²) in [4.78, 5) is 22.5. The lowest BCUT2D eigenvalue weighted by atomic mass is 10.0. The van der Waals surface area contributed by atoms with E-state index < -0.39 is 5.97 Å². The van der Waals surface area contributed by atoms with Crippen molar-refractivity contribution in [1.82, 2.24) is 5.32 Å². The predicted octanol–water partition coefficient (Wildman–Crippen LogP) is 3.35. The number of carbonyl (C=O) groups excluding carboxylic acids is 1. The maximum absolute atomic E-state index is 11.8. The molecule has 0 radical (unpaired) electrons. The minimum Gasteiger partial charge on any atom is -0.481 e. The van der Waals surface area contributed by atoms with Crippen LogP contribution in [0, 0.1) is 11.8 Å². The van der Waals surface area contributed by atoms with Gasteiger partial charge in [-0.15, -0.1) is 0 Å². The third-order valence-electron chi connectivity index (χ3n) is 4.36. The summed E-state index contributed by atoms with van der Waals surface area (Å²) in [5.41, 5.74) is 0. The number of aliphatic carboxylic acids is 1. The second kappa shape index (κ2) is 8.98. The van der Waals surface area contributed by atoms with Crippen LogP contribution in [-0.4, -0.2) is 23.0 Å². The predicted molar refractivity (Wildman–Crippen MR) is 79.4 cm³/mol. The second-order valence-electron chi connectivity index (χ2n) is 6.33. The lowest BCUT2D eigenvalue weighted by Crippen LogP contribution is -2.32. The van der Waals surface area contributed by atoms with Gasteiger partial charge in [-0.25, -0.2) is 0 Å². The van der Waals surface area contributed by atoms with Crippen molar-refractivity contribution in [3.05, 3.63) is 0 Å². The Hall–Kier alpha value is -1.06. The molecular weight excluding hydrogens is 254 g/mol. The Balaban J connectivity index is 2.06. The van der Waals surface area contributed by atoms with Crippen LogP contribution in [0.4, 0.5) is 0 Å². The van der Waals surface area contributed by atoms with E-state index in [1.807, 2.05) is 6.92 Å². The number of rotatable bonds is 9. The monoisotopic (exact) mass is 283 g/mol. The molecule has 2 unspecified atom stereocenters. The van der Waals surface area contributed by atoms with E-state index in [0.717, 1.165) is 25.2 Å². The van der Waals surface area contributed by atoms with Crippen molar-refractivity contribution in [2.75, 3.05) is 0 Å². The van der Waals surface area contributed by atoms with E-state index in [1.54, 1.807) is 6.92 Å². The molecule has 4 heteroatoms. The first-order valence-electron chi connectivity index (χ1n) is 8.01. The van der Waals surface area contributed by atoms with Crippen molar-refractivity contribution in [3.63, 3.8) is 0 Å². The summed E-state index contributed by atoms with van der Waals surface area (Å²) >= 11 is 0. The molecule has 0 aromatic heterocycles. The fourth-order valence-electron chi connectivity index (χ4n) is 2.91. The van der Waals surface area contributed by atoms with Gasteiger partial charge in [-0.2, -0.15) is 0 Å². The van der Waals surface area contributed by atoms with Gasteiger partial charge in [-0.05, 0) is 32.1 Å². The number of hydrogen-bond acceptors (Lipinski definition) is 2. The molecule has 0 aliphatic heterocycles. The van der Waals surface area contributed by atoms with Gasteiger partial charge in [0, 0.05) is 12.5 Å². The number of amides is 1. The highest BCUT2D eigenvalue weighted by Gasteiger charge is 2.17. The summed E-state index contributed by atoms with van der Waals surface area (Å²) in [5.74, 6) is -0.123. The van der Waals surface area contributed by atoms with Gasteiger partial charge in [0.1, 0.15) is 0 Å². The van der Waals surface area contributed by atoms with E-state index in [4.69, 9.17) is 5.11 Å². The lowest BCUT2D eigenvalue weighted by Gasteiger charge is -2.15. The van der Waals surface area contributed by atoms with Gasteiger partial charge in [0.05, 0.1) is 5.92 Å². The summed E-state index contributed by atoms with van der Waals surface area (Å²) < 4.78 is 0. The number of carboxylic acid groups (broad SMARTS) is 1. The van der Waals surface area contributed by atoms with Gasteiger partial charge in [-0.1, -0.05) is 39.0 Å². The maximum Gasteiger partial charge on any atom is 0.306 e. The van der Waals surface area contributed by atoms with Crippen LogP contribution in [0.5, 0.6) is 0 Å². The fraction of sp³-hybridized carbons (Fsp3) is 0.875. The Bertz CT molecular complexity index is 311. The van der Waals surface area contributed by atoms with E-state index >= 15 is 0 Å². The summed E-state index contributed by atoms with van der Waals surface area (Å²) in [6, 6.07) is 0.145. The molecule has 1 amide bonds. The highest BCUT2D eigenvalue weighted by Crippen LogP contribution is 2.28. The Morgan fingerprint density at radius 2 is 1.85 bits per heavy atom. The third kappa shape index (κ3) is 6.92. The van der Waals surface area contributed by atoms with Gasteiger partial charge >= 0.3 is 5.97 Å². The average Bonchev–Trinajstić information content (AvgIpc) is 2.89. The van der Waals surface area contributed by atoms with Gasteiger partial charge in [0.25, 0.3) is 0 Å². The first-order chi connectivity index (χ1) is 9.49. The number of carbonyl (C=O) groups is 2. The SMILES string of the molecule is CC(CCCC(C)C(=O)O)NC(=O)CCC1CCCC1. The molecule has 0 spiro atoms. The van der Waals surface area contributed by atoms with Crippen LogP contribution in [0.15, 0.2) is 0 Å². The molecule has 1 rings (SSSR count). The molecule has 0 bridgehead atoms. The van der Waals surface area contributed by atoms with Gasteiger partial charge in [0.2, 0.25) is 5.91 Å². The van der Waals surface area contributed by atoms with Crippen molar-refractivity contribution >= 4 is 11.9 Å². The van der Waals surface area contributed by atoms with Crippen molar-refractivity contribution < 1.29 is 14.7 Å². The molecule has 1 aliphatic rings. The van der Waals surface area contributed by atoms with Crippen molar-refractivity contribution in [2.24, 2.45) is 11.8 Å². The standard InChI is InChI=1S/C16H29NO3/c1-12(16(19)20)6-5-7-13(2)17-15(18)11-10-14-8-3-4-9-14/h12-14H,3-11H2,1-2H3,(H,17,18)(H,19,20). The fourth-order valence-corrected chi connectivity index (χ4v) is 2.91. The van der Waals surface area contributed by atoms with Crippen LogP contribution in [0.2, 0.25) is 0 Å². The molecule has 0 heterocycles. The van der Waals surface area contributed by atoms with Gasteiger partial charge in [-0.3, -0.25) is 9.59 Å². The largest absolute Gasteiger partial charge is 0.481 e. The zero-order valence-corrected chi connectivity index (χ0v) is 12.9. The van der Waals surface area contributed by atoms with Crippen LogP contribution in [0.1, 0.15) is 71.6 Å². The van der Waals surface area contributed by atoms with E-state index in [2.05, 4.69) is 5.32 Å². The normalized spacial score (nSPS) is 18.7. The smallest absolute Gasteiger partial charge is 0.306 e. The third-order valence-corrected chi connectivity index (χ3v) is 4.36. The van der Waals surface area contributed by atoms with Crippen LogP contribution in [-0.2, 0) is 9.59 Å². The van der Waals surface area contributed by atoms with Crippen molar-refractivity contribution in [3.8, 4) is 0 Å². The van der Waals surface area contributed by atoms with Crippen LogP contribution < -0.4 is 5.32 Å². The minimum absolute atomic E-state index is 0.145. The van der Waals surface area contributed by atoms with Gasteiger partial charge in [0.15, 0.2) is 0 Å². The molecule has 1 saturated carbocycles. The lowest BCUT2D eigenvalue weighted by molar-refractivity contribution is -0.141. The zero-order valence-electron chi connectivity index (χ0n) is 12.9. The molecule has 2 atom stereocenters. The molecule has 0 saturated heterocycles. The quantitative estimate of drug-likeness (QED) is 0.682. The highest BCUT2D eigenvalue weighted by atomic mass is 16.4. The maximum atomic E-state index is 11.8. The van der Waals surface area contributed by atoms with Gasteiger partial charge < -0.3 is 10.4 Å². The molecule has 0 aromatic rings. The molecule has 20 heavy (non-hydrogen) atoms. The molecule has 0 aromatic carbocycles.